The fourth-order valence-corrected chi connectivity index (χ4v) is 11.0. The van der Waals surface area contributed by atoms with Crippen LogP contribution < -0.4 is 10.6 Å². The molecule has 6 N–H and O–H groups in total. The summed E-state index contributed by atoms with van der Waals surface area (Å²) in [7, 11) is 4.92. The lowest BCUT2D eigenvalue weighted by molar-refractivity contribution is -0.319. The Morgan fingerprint density at radius 1 is 0.925 bits per heavy atom. The first kappa shape index (κ1) is 55.1. The van der Waals surface area contributed by atoms with Crippen LogP contribution in [0.2, 0.25) is 0 Å². The molecular weight excluding hydrogens is 867 g/mol. The number of carbonyl (C=O) groups is 3. The van der Waals surface area contributed by atoms with Gasteiger partial charge in [-0.05, 0) is 105 Å². The number of aryl methyl sites for hydroxylation is 1. The van der Waals surface area contributed by atoms with Crippen LogP contribution in [0.4, 0.5) is 5.69 Å². The Morgan fingerprint density at radius 2 is 1.60 bits per heavy atom. The van der Waals surface area contributed by atoms with Crippen LogP contribution in [0.1, 0.15) is 113 Å². The third-order valence-electron chi connectivity index (χ3n) is 15.5. The molecule has 17 nitrogen and oxygen atoms in total. The van der Waals surface area contributed by atoms with Gasteiger partial charge in [0.15, 0.2) is 12.6 Å². The van der Waals surface area contributed by atoms with Gasteiger partial charge in [-0.2, -0.15) is 0 Å². The Kier molecular flexibility index (Phi) is 18.9. The molecule has 19 atom stereocenters. The van der Waals surface area contributed by atoms with E-state index in [0.717, 1.165) is 12.1 Å². The van der Waals surface area contributed by atoms with E-state index < -0.39 is 108 Å². The van der Waals surface area contributed by atoms with Gasteiger partial charge in [-0.3, -0.25) is 14.4 Å². The van der Waals surface area contributed by atoms with Crippen molar-refractivity contribution >= 4 is 23.3 Å². The van der Waals surface area contributed by atoms with Gasteiger partial charge in [0.05, 0.1) is 47.6 Å². The molecule has 0 aliphatic carbocycles. The number of Topliss-reactive ketones (excluding diaryl/α,β-unsaturated/α-hetero) is 1. The number of amides is 1. The minimum absolute atomic E-state index is 0.0534. The number of rotatable bonds is 13. The van der Waals surface area contributed by atoms with Crippen molar-refractivity contribution in [3.63, 3.8) is 0 Å². The number of ether oxygens (including phenoxy) is 7. The highest BCUT2D eigenvalue weighted by atomic mass is 16.7. The predicted molar refractivity (Wildman–Crippen MR) is 250 cm³/mol. The molecule has 4 aliphatic rings. The maximum Gasteiger partial charge on any atom is 0.311 e. The summed E-state index contributed by atoms with van der Waals surface area (Å²) >= 11 is 0. The molecule has 4 heterocycles. The summed E-state index contributed by atoms with van der Waals surface area (Å²) in [6.07, 6.45) is -7.35. The summed E-state index contributed by atoms with van der Waals surface area (Å²) in [5.74, 6) is -4.76. The zero-order valence-corrected chi connectivity index (χ0v) is 42.2. The number of hydrogen-bond donors (Lipinski definition) is 6. The predicted octanol–water partition coefficient (Wildman–Crippen LogP) is 3.74. The van der Waals surface area contributed by atoms with Gasteiger partial charge in [-0.1, -0.05) is 45.9 Å². The Labute approximate surface area is 398 Å². The van der Waals surface area contributed by atoms with Crippen molar-refractivity contribution < 1.29 is 68.0 Å². The second kappa shape index (κ2) is 23.0. The van der Waals surface area contributed by atoms with Crippen molar-refractivity contribution in [3.05, 3.63) is 29.8 Å². The topological polar surface area (TPSA) is 224 Å². The molecule has 3 saturated heterocycles. The average Bonchev–Trinajstić information content (AvgIpc) is 3.30. The van der Waals surface area contributed by atoms with Gasteiger partial charge in [-0.15, -0.1) is 0 Å². The second-order valence-corrected chi connectivity index (χ2v) is 20.7. The first-order valence-electron chi connectivity index (χ1n) is 24.5. The van der Waals surface area contributed by atoms with Crippen LogP contribution in [-0.2, 0) is 54.0 Å². The third-order valence-corrected chi connectivity index (χ3v) is 15.5. The van der Waals surface area contributed by atoms with Gasteiger partial charge in [0.2, 0.25) is 5.91 Å². The number of cyclic esters (lactones) is 1. The molecule has 0 aromatic heterocycles. The molecule has 1 aromatic carbocycles. The number of anilines is 1. The number of hydrogen-bond acceptors (Lipinski definition) is 16. The van der Waals surface area contributed by atoms with Crippen molar-refractivity contribution in [2.45, 2.75) is 204 Å². The third kappa shape index (κ3) is 12.4. The molecule has 5 rings (SSSR count). The van der Waals surface area contributed by atoms with Crippen LogP contribution in [0.5, 0.6) is 0 Å². The minimum atomic E-state index is -2.00. The highest BCUT2D eigenvalue weighted by Crippen LogP contribution is 2.42. The largest absolute Gasteiger partial charge is 0.459 e. The summed E-state index contributed by atoms with van der Waals surface area (Å²) in [5, 5.41) is 53.0. The molecule has 3 fully saturated rings. The Hall–Kier alpha value is -2.81. The summed E-state index contributed by atoms with van der Waals surface area (Å²) in [4.78, 5) is 43.8. The van der Waals surface area contributed by atoms with E-state index in [4.69, 9.17) is 33.2 Å². The van der Waals surface area contributed by atoms with Crippen molar-refractivity contribution in [3.8, 4) is 0 Å². The van der Waals surface area contributed by atoms with E-state index in [1.165, 1.54) is 26.7 Å². The van der Waals surface area contributed by atoms with Crippen LogP contribution in [0.25, 0.3) is 0 Å². The summed E-state index contributed by atoms with van der Waals surface area (Å²) in [6, 6.07) is 7.29. The van der Waals surface area contributed by atoms with E-state index in [-0.39, 0.29) is 43.1 Å². The van der Waals surface area contributed by atoms with E-state index in [0.29, 0.717) is 32.4 Å². The maximum absolute atomic E-state index is 14.4. The molecule has 0 saturated carbocycles. The molecule has 0 radical (unpaired) electrons. The molecule has 1 amide bonds. The second-order valence-electron chi connectivity index (χ2n) is 20.7. The van der Waals surface area contributed by atoms with E-state index in [2.05, 4.69) is 16.7 Å². The summed E-state index contributed by atoms with van der Waals surface area (Å²) in [5.41, 5.74) is -2.20. The van der Waals surface area contributed by atoms with Crippen LogP contribution >= 0.6 is 0 Å². The number of fused-ring (bicyclic) bond motifs is 1. The number of carbonyl (C=O) groups excluding carboxylic acids is 3. The van der Waals surface area contributed by atoms with Crippen molar-refractivity contribution in [2.24, 2.45) is 23.7 Å². The number of methoxy groups -OCH3 is 2. The van der Waals surface area contributed by atoms with Crippen LogP contribution in [-0.4, -0.2) is 168 Å². The van der Waals surface area contributed by atoms with Gasteiger partial charge in [0.1, 0.15) is 35.7 Å². The van der Waals surface area contributed by atoms with E-state index >= 15 is 0 Å². The number of aliphatic hydroxyl groups excluding tert-OH is 3. The lowest BCUT2D eigenvalue weighted by Gasteiger charge is -2.50. The Balaban J connectivity index is 1.43. The normalized spacial score (nSPS) is 42.5. The fraction of sp³-hybridized carbons (Fsp3) is 0.820. The lowest BCUT2D eigenvalue weighted by Crippen LogP contribution is -2.61. The lowest BCUT2D eigenvalue weighted by atomic mass is 9.74. The summed E-state index contributed by atoms with van der Waals surface area (Å²) < 4.78 is 44.6. The quantitative estimate of drug-likeness (QED) is 0.122. The number of nitrogens with zero attached hydrogens (tertiary/aromatic N) is 1. The van der Waals surface area contributed by atoms with E-state index in [9.17, 15) is 34.8 Å². The van der Waals surface area contributed by atoms with Crippen molar-refractivity contribution in [1.82, 2.24) is 10.2 Å². The maximum atomic E-state index is 14.4. The number of para-hydroxylation sites is 1. The molecule has 67 heavy (non-hydrogen) atoms. The molecule has 1 aromatic rings. The van der Waals surface area contributed by atoms with Crippen LogP contribution in [0.15, 0.2) is 24.3 Å². The molecule has 382 valence electrons. The first-order chi connectivity index (χ1) is 31.4. The number of aliphatic hydroxyl groups is 4. The van der Waals surface area contributed by atoms with Crippen molar-refractivity contribution in [1.29, 1.82) is 0 Å². The highest BCUT2D eigenvalue weighted by Gasteiger charge is 2.54. The average molecular weight is 950 g/mol. The summed E-state index contributed by atoms with van der Waals surface area (Å²) in [6.45, 7) is 18.0. The van der Waals surface area contributed by atoms with Gasteiger partial charge >= 0.3 is 5.97 Å². The number of likely N-dealkylation sites (N-methyl/N-ethyl adjacent to an activating group) is 1. The van der Waals surface area contributed by atoms with Gasteiger partial charge in [-0.25, -0.2) is 0 Å². The number of nitrogens with one attached hydrogen (secondary N) is 2. The molecule has 17 heteroatoms. The zero-order chi connectivity index (χ0) is 49.8. The molecule has 4 aliphatic heterocycles. The SMILES string of the molecule is CC[C@H]1OC(=O)[C@H](C)[C@@H](O[C@H]2C[C@@](C)(OC)[C@@H](O)[C@H](C)O2)[C@H](C)[C@@H](O[C@@H]2O[C@H](C)C[C@H](N(C)CCCNC(=O)[C@@H]3CCc4ccccc4N3)[C@H]2O)[C@](C)(OC)C[C@@H](C)C(=O)[C@H](C)[C@@H](O)[C@]1(C)O. The first-order valence-corrected chi connectivity index (χ1v) is 24.5. The smallest absolute Gasteiger partial charge is 0.311 e. The van der Waals surface area contributed by atoms with E-state index in [1.807, 2.05) is 44.0 Å². The fourth-order valence-electron chi connectivity index (χ4n) is 11.0. The molecule has 0 unspecified atom stereocenters. The highest BCUT2D eigenvalue weighted by molar-refractivity contribution is 5.85. The van der Waals surface area contributed by atoms with Crippen LogP contribution in [0, 0.1) is 23.7 Å². The Bertz CT molecular complexity index is 1800. The van der Waals surface area contributed by atoms with Crippen LogP contribution in [0.3, 0.4) is 0 Å². The number of benzene rings is 1. The van der Waals surface area contributed by atoms with Crippen molar-refractivity contribution in [2.75, 3.05) is 39.7 Å². The Morgan fingerprint density at radius 3 is 2.25 bits per heavy atom. The molecular formula is C50H83N3O14. The van der Waals surface area contributed by atoms with E-state index in [1.54, 1.807) is 48.5 Å². The standard InChI is InChI=1S/C50H83N3O14/c1-14-37-50(10,60)42(56)29(4)39(54)27(2)25-49(9,62-13)44(30(5)41(31(6)46(59)65-37)66-38-26-48(8,61-12)43(57)32(7)64-38)67-47-40(55)36(24-28(3)63-47)53(11)23-17-22-51-45(58)35-21-20-33-18-15-16-19-34(33)52-35/h15-16,18-19,27-32,35-38,40-44,47,52,55-57,60H,14,17,20-26H2,1-13H3,(H,51,58)/t27-,28-,29+,30+,31-,32+,35+,36+,37-,38+,40-,41+,42-,43+,44-,47+,48-,49-,50-/m1/s1. The van der Waals surface area contributed by atoms with Gasteiger partial charge < -0.3 is 69.1 Å². The van der Waals surface area contributed by atoms with Gasteiger partial charge in [0.25, 0.3) is 0 Å². The minimum Gasteiger partial charge on any atom is -0.459 e. The van der Waals surface area contributed by atoms with Gasteiger partial charge in [0, 0.05) is 56.7 Å². The zero-order valence-electron chi connectivity index (χ0n) is 42.2. The number of ketones is 1. The number of esters is 1. The molecule has 0 bridgehead atoms. The molecule has 0 spiro atoms. The monoisotopic (exact) mass is 950 g/mol.